The summed E-state index contributed by atoms with van der Waals surface area (Å²) in [4.78, 5) is 57.9. The lowest BCUT2D eigenvalue weighted by Gasteiger charge is -2.50. The summed E-state index contributed by atoms with van der Waals surface area (Å²) in [5, 5.41) is 3.31. The highest BCUT2D eigenvalue weighted by atomic mass is 16.3. The van der Waals surface area contributed by atoms with Crippen molar-refractivity contribution in [2.45, 2.75) is 77.8 Å². The molecule has 2 saturated carbocycles. The van der Waals surface area contributed by atoms with Gasteiger partial charge in [0.2, 0.25) is 5.91 Å². The summed E-state index contributed by atoms with van der Waals surface area (Å²) in [5.74, 6) is 0.645. The number of aromatic amines is 1. The molecular formula is C32H41N5O4. The van der Waals surface area contributed by atoms with Crippen LogP contribution in [-0.2, 0) is 17.6 Å². The lowest BCUT2D eigenvalue weighted by molar-refractivity contribution is -0.121. The molecule has 4 fully saturated rings. The Morgan fingerprint density at radius 1 is 1.24 bits per heavy atom. The summed E-state index contributed by atoms with van der Waals surface area (Å²) in [6.07, 6.45) is 8.10. The molecule has 6 rings (SSSR count). The molecule has 0 aromatic carbocycles. The zero-order valence-electron chi connectivity index (χ0n) is 24.4. The molecule has 5 atom stereocenters. The lowest BCUT2D eigenvalue weighted by atomic mass is 9.61. The highest BCUT2D eigenvalue weighted by Crippen LogP contribution is 2.62. The van der Waals surface area contributed by atoms with Crippen LogP contribution in [0.4, 0.5) is 0 Å². The fourth-order valence-corrected chi connectivity index (χ4v) is 8.43. The number of carbonyl (C=O) groups excluding carboxylic acids is 2. The van der Waals surface area contributed by atoms with E-state index in [2.05, 4.69) is 35.5 Å². The predicted molar refractivity (Wildman–Crippen MR) is 157 cm³/mol. The van der Waals surface area contributed by atoms with Gasteiger partial charge in [-0.05, 0) is 117 Å². The van der Waals surface area contributed by atoms with Crippen LogP contribution >= 0.6 is 0 Å². The van der Waals surface area contributed by atoms with Gasteiger partial charge in [0.25, 0.3) is 11.5 Å². The third-order valence-corrected chi connectivity index (χ3v) is 10.4. The van der Waals surface area contributed by atoms with Crippen molar-refractivity contribution in [2.75, 3.05) is 19.6 Å². The van der Waals surface area contributed by atoms with Crippen molar-refractivity contribution in [1.82, 2.24) is 14.8 Å². The number of amides is 2. The van der Waals surface area contributed by atoms with Gasteiger partial charge < -0.3 is 15.6 Å². The van der Waals surface area contributed by atoms with E-state index in [0.29, 0.717) is 49.0 Å². The minimum atomic E-state index is -0.673. The largest absolute Gasteiger partial charge is 0.368 e. The third-order valence-electron chi connectivity index (χ3n) is 10.4. The predicted octanol–water partition coefficient (Wildman–Crippen LogP) is 3.84. The molecule has 1 aromatic rings. The van der Waals surface area contributed by atoms with E-state index >= 15 is 0 Å². The maximum atomic E-state index is 13.5. The number of pyridine rings is 1. The molecule has 2 aliphatic heterocycles. The molecular weight excluding hydrogens is 518 g/mol. The molecule has 0 bridgehead atoms. The molecule has 0 spiro atoms. The number of hydrogen-bond acceptors (Lipinski definition) is 6. The molecule has 3 heterocycles. The molecule has 41 heavy (non-hydrogen) atoms. The minimum Gasteiger partial charge on any atom is -0.368 e. The second-order valence-corrected chi connectivity index (χ2v) is 13.4. The van der Waals surface area contributed by atoms with E-state index in [1.165, 1.54) is 17.7 Å². The van der Waals surface area contributed by atoms with Crippen molar-refractivity contribution in [3.8, 4) is 0 Å². The molecule has 1 aromatic heterocycles. The molecule has 3 N–H and O–H groups in total. The van der Waals surface area contributed by atoms with Crippen LogP contribution in [0.3, 0.4) is 0 Å². The zero-order valence-corrected chi connectivity index (χ0v) is 24.4. The van der Waals surface area contributed by atoms with E-state index < -0.39 is 23.4 Å². The minimum absolute atomic E-state index is 0.0828. The standard InChI is InChI=1S/C32H41N5O4/c1-17(2)23(12-25(35-41)18(3)4)32-13-21-16-36(15-19-7-8-19)28(21)24(32)11-20-10-22(30(39)34-26(20)14-32)31(40)37-9-5-6-27(37)29(33)38/h10,12,19,21,24,27-28H,3,5-9,11,13-16H2,1-2,4H3,(H2,33,38)(H,34,39). The van der Waals surface area contributed by atoms with Gasteiger partial charge in [-0.25, -0.2) is 0 Å². The quantitative estimate of drug-likeness (QED) is 0.369. The van der Waals surface area contributed by atoms with Crippen LogP contribution < -0.4 is 11.3 Å². The number of hydrogen-bond donors (Lipinski definition) is 2. The van der Waals surface area contributed by atoms with Gasteiger partial charge in [-0.2, -0.15) is 0 Å². The first-order chi connectivity index (χ1) is 19.5. The molecule has 9 heteroatoms. The van der Waals surface area contributed by atoms with Gasteiger partial charge in [0.1, 0.15) is 17.3 Å². The average molecular weight is 560 g/mol. The Balaban J connectivity index is 1.42. The van der Waals surface area contributed by atoms with Crippen LogP contribution in [0, 0.1) is 28.1 Å². The highest BCUT2D eigenvalue weighted by Gasteiger charge is 2.62. The normalized spacial score (nSPS) is 30.6. The van der Waals surface area contributed by atoms with Crippen LogP contribution in [0.2, 0.25) is 0 Å². The van der Waals surface area contributed by atoms with Crippen molar-refractivity contribution in [1.29, 1.82) is 0 Å². The van der Waals surface area contributed by atoms with Crippen LogP contribution in [0.25, 0.3) is 0 Å². The molecule has 2 amide bonds. The summed E-state index contributed by atoms with van der Waals surface area (Å²) >= 11 is 0. The topological polar surface area (TPSA) is 129 Å². The first kappa shape index (κ1) is 27.8. The Morgan fingerprint density at radius 2 is 2.00 bits per heavy atom. The van der Waals surface area contributed by atoms with Crippen molar-refractivity contribution in [3.05, 3.63) is 73.2 Å². The van der Waals surface area contributed by atoms with E-state index in [9.17, 15) is 19.3 Å². The number of H-pyrrole nitrogens is 1. The lowest BCUT2D eigenvalue weighted by Crippen LogP contribution is -2.58. The maximum Gasteiger partial charge on any atom is 0.261 e. The Hall–Kier alpha value is -3.33. The summed E-state index contributed by atoms with van der Waals surface area (Å²) < 4.78 is 0. The maximum absolute atomic E-state index is 13.5. The second kappa shape index (κ2) is 10.2. The van der Waals surface area contributed by atoms with Gasteiger partial charge in [0.05, 0.1) is 0 Å². The van der Waals surface area contributed by atoms with Crippen molar-refractivity contribution >= 4 is 11.8 Å². The smallest absolute Gasteiger partial charge is 0.261 e. The van der Waals surface area contributed by atoms with Crippen molar-refractivity contribution in [2.24, 2.45) is 34.1 Å². The number of fused-ring (bicyclic) bond motifs is 4. The first-order valence-corrected chi connectivity index (χ1v) is 15.0. The van der Waals surface area contributed by atoms with Crippen LogP contribution in [-0.4, -0.2) is 58.3 Å². The van der Waals surface area contributed by atoms with E-state index in [1.54, 1.807) is 13.0 Å². The number of rotatable bonds is 8. The molecule has 5 unspecified atom stereocenters. The molecule has 2 saturated heterocycles. The Morgan fingerprint density at radius 3 is 2.63 bits per heavy atom. The van der Waals surface area contributed by atoms with E-state index in [0.717, 1.165) is 54.3 Å². The number of allylic oxidation sites excluding steroid dienone is 4. The summed E-state index contributed by atoms with van der Waals surface area (Å²) in [6.45, 7) is 12.6. The van der Waals surface area contributed by atoms with Crippen molar-refractivity contribution in [3.63, 3.8) is 0 Å². The Bertz CT molecular complexity index is 1450. The van der Waals surface area contributed by atoms with Gasteiger partial charge >= 0.3 is 0 Å². The van der Waals surface area contributed by atoms with Gasteiger partial charge in [0, 0.05) is 36.8 Å². The number of nitrogens with zero attached hydrogens (tertiary/aromatic N) is 3. The number of aromatic nitrogens is 1. The summed E-state index contributed by atoms with van der Waals surface area (Å²) in [5.41, 5.74) is 10.1. The van der Waals surface area contributed by atoms with Crippen LogP contribution in [0.15, 0.2) is 51.1 Å². The Kier molecular flexibility index (Phi) is 6.91. The highest BCUT2D eigenvalue weighted by molar-refractivity contribution is 5.97. The molecule has 218 valence electrons. The number of nitrogens with one attached hydrogen (secondary N) is 1. The third kappa shape index (κ3) is 4.62. The SMILES string of the molecule is C=C(C)C(=CC(=C(C)C)C12Cc3[nH]c(=O)c(C(=O)N4CCCC4C(N)=O)cc3CC1C1C(CN1CC1CC1)C2)N=O. The van der Waals surface area contributed by atoms with Gasteiger partial charge in [-0.3, -0.25) is 19.3 Å². The van der Waals surface area contributed by atoms with E-state index in [-0.39, 0.29) is 16.9 Å². The van der Waals surface area contributed by atoms with Gasteiger partial charge in [0.15, 0.2) is 0 Å². The average Bonchev–Trinajstić information content (AvgIpc) is 3.51. The summed E-state index contributed by atoms with van der Waals surface area (Å²) in [7, 11) is 0. The number of nitrogens with two attached hydrogens (primary N) is 1. The van der Waals surface area contributed by atoms with E-state index in [4.69, 9.17) is 5.73 Å². The van der Waals surface area contributed by atoms with E-state index in [1.807, 2.05) is 6.08 Å². The number of likely N-dealkylation sites (tertiary alicyclic amines) is 2. The van der Waals surface area contributed by atoms with Crippen molar-refractivity contribution < 1.29 is 9.59 Å². The Labute approximate surface area is 240 Å². The fourth-order valence-electron chi connectivity index (χ4n) is 8.43. The zero-order chi connectivity index (χ0) is 29.2. The summed E-state index contributed by atoms with van der Waals surface area (Å²) in [6, 6.07) is 1.53. The number of primary amides is 1. The monoisotopic (exact) mass is 559 g/mol. The first-order valence-electron chi connectivity index (χ1n) is 15.0. The number of carbonyl (C=O) groups is 2. The molecule has 3 aliphatic carbocycles. The van der Waals surface area contributed by atoms with Crippen LogP contribution in [0.5, 0.6) is 0 Å². The second-order valence-electron chi connectivity index (χ2n) is 13.4. The molecule has 0 radical (unpaired) electrons. The molecule has 9 nitrogen and oxygen atoms in total. The number of nitroso groups, excluding NO2 is 1. The molecule has 5 aliphatic rings. The fraction of sp³-hybridized carbons (Fsp3) is 0.594. The van der Waals surface area contributed by atoms with Gasteiger partial charge in [-0.15, -0.1) is 4.91 Å². The van der Waals surface area contributed by atoms with Gasteiger partial charge in [-0.1, -0.05) is 12.2 Å². The van der Waals surface area contributed by atoms with Crippen LogP contribution in [0.1, 0.15) is 74.5 Å².